The van der Waals surface area contributed by atoms with Crippen LogP contribution in [0.4, 0.5) is 21.0 Å². The average Bonchev–Trinajstić information content (AvgIpc) is 3.22. The molecule has 0 amide bonds. The van der Waals surface area contributed by atoms with Crippen molar-refractivity contribution in [1.29, 1.82) is 0 Å². The summed E-state index contributed by atoms with van der Waals surface area (Å²) in [5, 5.41) is 3.56. The number of thiazole rings is 1. The number of hydrogen-bond donors (Lipinski definition) is 2. The predicted octanol–water partition coefficient (Wildman–Crippen LogP) is 4.33. The zero-order chi connectivity index (χ0) is 17.4. The van der Waals surface area contributed by atoms with Crippen molar-refractivity contribution in [2.24, 2.45) is 0 Å². The van der Waals surface area contributed by atoms with Gasteiger partial charge in [0, 0.05) is 11.3 Å². The third kappa shape index (κ3) is 3.13. The lowest BCUT2D eigenvalue weighted by molar-refractivity contribution is 0.104. The Balaban J connectivity index is 1.59. The van der Waals surface area contributed by atoms with E-state index in [9.17, 15) is 9.18 Å². The Kier molecular flexibility index (Phi) is 3.97. The molecule has 3 aromatic rings. The number of ketones is 1. The van der Waals surface area contributed by atoms with E-state index < -0.39 is 0 Å². The number of nitrogens with two attached hydrogens (primary N) is 1. The molecule has 1 aliphatic rings. The number of rotatable bonds is 4. The van der Waals surface area contributed by atoms with Gasteiger partial charge in [0.2, 0.25) is 5.78 Å². The summed E-state index contributed by atoms with van der Waals surface area (Å²) in [6.07, 6.45) is 3.24. The molecule has 0 atom stereocenters. The minimum absolute atomic E-state index is 0.114. The molecule has 1 aliphatic carbocycles. The number of anilines is 3. The lowest BCUT2D eigenvalue weighted by Crippen LogP contribution is -2.03. The van der Waals surface area contributed by atoms with Crippen molar-refractivity contribution in [3.05, 3.63) is 69.8 Å². The van der Waals surface area contributed by atoms with Crippen LogP contribution in [0.15, 0.2) is 42.5 Å². The van der Waals surface area contributed by atoms with Crippen molar-refractivity contribution < 1.29 is 9.18 Å². The number of nitrogen functional groups attached to an aromatic ring is 1. The molecule has 0 saturated carbocycles. The van der Waals surface area contributed by atoms with Crippen molar-refractivity contribution in [3.63, 3.8) is 0 Å². The fourth-order valence-corrected chi connectivity index (χ4v) is 3.92. The first kappa shape index (κ1) is 15.8. The van der Waals surface area contributed by atoms with Gasteiger partial charge in [-0.25, -0.2) is 9.37 Å². The van der Waals surface area contributed by atoms with E-state index in [4.69, 9.17) is 5.73 Å². The molecule has 0 spiro atoms. The van der Waals surface area contributed by atoms with E-state index in [0.29, 0.717) is 21.3 Å². The van der Waals surface area contributed by atoms with Gasteiger partial charge in [0.25, 0.3) is 0 Å². The average molecular weight is 353 g/mol. The summed E-state index contributed by atoms with van der Waals surface area (Å²) < 4.78 is 13.0. The van der Waals surface area contributed by atoms with Crippen molar-refractivity contribution in [2.45, 2.75) is 19.3 Å². The van der Waals surface area contributed by atoms with Crippen molar-refractivity contribution in [2.75, 3.05) is 11.1 Å². The maximum atomic E-state index is 13.0. The summed E-state index contributed by atoms with van der Waals surface area (Å²) in [6.45, 7) is 0. The molecule has 25 heavy (non-hydrogen) atoms. The van der Waals surface area contributed by atoms with Crippen LogP contribution in [0.2, 0.25) is 0 Å². The number of aromatic nitrogens is 1. The van der Waals surface area contributed by atoms with Gasteiger partial charge in [-0.2, -0.15) is 0 Å². The number of carbonyl (C=O) groups excluding carboxylic acids is 1. The highest BCUT2D eigenvalue weighted by Crippen LogP contribution is 2.31. The third-order valence-corrected chi connectivity index (χ3v) is 5.30. The minimum atomic E-state index is -0.309. The van der Waals surface area contributed by atoms with Crippen LogP contribution in [0.25, 0.3) is 0 Å². The van der Waals surface area contributed by atoms with Gasteiger partial charge in [0.1, 0.15) is 16.5 Å². The third-order valence-electron chi connectivity index (χ3n) is 4.32. The standard InChI is InChI=1S/C19H16FN3OS/c20-14-6-8-15(9-7-14)22-19-23-18(21)17(25-19)16(24)13-5-4-11-2-1-3-12(11)10-13/h4-10H,1-3,21H2,(H,22,23). The fourth-order valence-electron chi connectivity index (χ4n) is 3.05. The van der Waals surface area contributed by atoms with Gasteiger partial charge in [-0.1, -0.05) is 23.5 Å². The minimum Gasteiger partial charge on any atom is -0.382 e. The molecule has 0 aliphatic heterocycles. The normalized spacial score (nSPS) is 12.8. The Labute approximate surface area is 148 Å². The number of fused-ring (bicyclic) bond motifs is 1. The molecule has 2 aromatic carbocycles. The van der Waals surface area contributed by atoms with Gasteiger partial charge < -0.3 is 11.1 Å². The maximum Gasteiger partial charge on any atom is 0.206 e. The Hall–Kier alpha value is -2.73. The summed E-state index contributed by atoms with van der Waals surface area (Å²) >= 11 is 1.20. The smallest absolute Gasteiger partial charge is 0.206 e. The van der Waals surface area contributed by atoms with E-state index in [1.165, 1.54) is 34.6 Å². The number of nitrogens with zero attached hydrogens (tertiary/aromatic N) is 1. The summed E-state index contributed by atoms with van der Waals surface area (Å²) in [4.78, 5) is 17.4. The molecule has 0 unspecified atom stereocenters. The van der Waals surface area contributed by atoms with Crippen LogP contribution in [0, 0.1) is 5.82 Å². The topological polar surface area (TPSA) is 68.0 Å². The van der Waals surface area contributed by atoms with E-state index in [1.54, 1.807) is 12.1 Å². The molecule has 1 heterocycles. The van der Waals surface area contributed by atoms with Crippen molar-refractivity contribution >= 4 is 33.8 Å². The Bertz CT molecular complexity index is 950. The largest absolute Gasteiger partial charge is 0.382 e. The number of halogens is 1. The van der Waals surface area contributed by atoms with Gasteiger partial charge in [0.15, 0.2) is 5.13 Å². The monoisotopic (exact) mass is 353 g/mol. The van der Waals surface area contributed by atoms with Crippen LogP contribution >= 0.6 is 11.3 Å². The number of hydrogen-bond acceptors (Lipinski definition) is 5. The Morgan fingerprint density at radius 1 is 1.12 bits per heavy atom. The molecular formula is C19H16FN3OS. The Morgan fingerprint density at radius 3 is 2.68 bits per heavy atom. The van der Waals surface area contributed by atoms with Gasteiger partial charge in [0.05, 0.1) is 0 Å². The summed E-state index contributed by atoms with van der Waals surface area (Å²) in [5.74, 6) is -0.214. The zero-order valence-electron chi connectivity index (χ0n) is 13.4. The van der Waals surface area contributed by atoms with E-state index in [-0.39, 0.29) is 17.4 Å². The molecule has 6 heteroatoms. The van der Waals surface area contributed by atoms with Gasteiger partial charge >= 0.3 is 0 Å². The number of benzene rings is 2. The van der Waals surface area contributed by atoms with E-state index >= 15 is 0 Å². The SMILES string of the molecule is Nc1nc(Nc2ccc(F)cc2)sc1C(=O)c1ccc2c(c1)CCC2. The van der Waals surface area contributed by atoms with Crippen LogP contribution < -0.4 is 11.1 Å². The molecule has 0 radical (unpaired) electrons. The lowest BCUT2D eigenvalue weighted by Gasteiger charge is -2.03. The van der Waals surface area contributed by atoms with Crippen LogP contribution in [-0.4, -0.2) is 10.8 Å². The van der Waals surface area contributed by atoms with E-state index in [1.807, 2.05) is 18.2 Å². The number of aryl methyl sites for hydroxylation is 2. The van der Waals surface area contributed by atoms with E-state index in [2.05, 4.69) is 10.3 Å². The quantitative estimate of drug-likeness (QED) is 0.685. The Morgan fingerprint density at radius 2 is 1.88 bits per heavy atom. The number of carbonyl (C=O) groups is 1. The maximum absolute atomic E-state index is 13.0. The van der Waals surface area contributed by atoms with Crippen LogP contribution in [0.5, 0.6) is 0 Å². The van der Waals surface area contributed by atoms with Crippen LogP contribution in [0.3, 0.4) is 0 Å². The summed E-state index contributed by atoms with van der Waals surface area (Å²) in [6, 6.07) is 11.8. The molecular weight excluding hydrogens is 337 g/mol. The highest BCUT2D eigenvalue weighted by atomic mass is 32.1. The highest BCUT2D eigenvalue weighted by molar-refractivity contribution is 7.18. The molecule has 4 rings (SSSR count). The molecule has 0 fully saturated rings. The first-order chi connectivity index (χ1) is 12.1. The van der Waals surface area contributed by atoms with E-state index in [0.717, 1.165) is 19.3 Å². The van der Waals surface area contributed by atoms with Crippen LogP contribution in [-0.2, 0) is 12.8 Å². The molecule has 126 valence electrons. The molecule has 0 bridgehead atoms. The summed E-state index contributed by atoms with van der Waals surface area (Å²) in [5.41, 5.74) is 9.85. The number of nitrogens with one attached hydrogen (secondary N) is 1. The zero-order valence-corrected chi connectivity index (χ0v) is 14.2. The van der Waals surface area contributed by atoms with Crippen LogP contribution in [0.1, 0.15) is 32.8 Å². The summed E-state index contributed by atoms with van der Waals surface area (Å²) in [7, 11) is 0. The predicted molar refractivity (Wildman–Crippen MR) is 98.1 cm³/mol. The molecule has 3 N–H and O–H groups in total. The van der Waals surface area contributed by atoms with Crippen molar-refractivity contribution in [1.82, 2.24) is 4.98 Å². The molecule has 0 saturated heterocycles. The van der Waals surface area contributed by atoms with Gasteiger partial charge in [-0.05, 0) is 60.7 Å². The van der Waals surface area contributed by atoms with Gasteiger partial charge in [-0.15, -0.1) is 0 Å². The highest BCUT2D eigenvalue weighted by Gasteiger charge is 2.20. The second kappa shape index (κ2) is 6.29. The van der Waals surface area contributed by atoms with Gasteiger partial charge in [-0.3, -0.25) is 4.79 Å². The second-order valence-corrected chi connectivity index (χ2v) is 7.03. The van der Waals surface area contributed by atoms with Crippen molar-refractivity contribution in [3.8, 4) is 0 Å². The second-order valence-electron chi connectivity index (χ2n) is 6.03. The lowest BCUT2D eigenvalue weighted by atomic mass is 10.0. The first-order valence-corrected chi connectivity index (χ1v) is 8.87. The molecule has 4 nitrogen and oxygen atoms in total. The molecule has 1 aromatic heterocycles. The first-order valence-electron chi connectivity index (χ1n) is 8.05. The fraction of sp³-hybridized carbons (Fsp3) is 0.158.